The van der Waals surface area contributed by atoms with Crippen LogP contribution in [0, 0.1) is 6.92 Å². The maximum atomic E-state index is 10.8. The molecule has 0 fully saturated rings. The molecule has 0 aliphatic heterocycles. The molecule has 5 heteroatoms. The molecule has 0 aromatic heterocycles. The van der Waals surface area contributed by atoms with Crippen LogP contribution in [0.3, 0.4) is 0 Å². The molecule has 0 spiro atoms. The predicted molar refractivity (Wildman–Crippen MR) is 57.4 cm³/mol. The third kappa shape index (κ3) is 3.67. The predicted octanol–water partition coefficient (Wildman–Crippen LogP) is 2.83. The minimum atomic E-state index is -3.46. The van der Waals surface area contributed by atoms with Crippen LogP contribution in [0.1, 0.15) is 11.1 Å². The number of hydrogen-bond acceptors (Lipinski definition) is 2. The van der Waals surface area contributed by atoms with E-state index >= 15 is 0 Å². The Morgan fingerprint density at radius 2 is 2.08 bits per heavy atom. The molecule has 0 aliphatic rings. The van der Waals surface area contributed by atoms with Crippen molar-refractivity contribution in [1.29, 1.82) is 0 Å². The van der Waals surface area contributed by atoms with Gasteiger partial charge in [0.25, 0.3) is 0 Å². The van der Waals surface area contributed by atoms with E-state index in [9.17, 15) is 8.42 Å². The molecule has 0 unspecified atom stereocenters. The van der Waals surface area contributed by atoms with Crippen LogP contribution in [-0.4, -0.2) is 8.42 Å². The maximum Gasteiger partial charge on any atom is 0.236 e. The van der Waals surface area contributed by atoms with E-state index in [-0.39, 0.29) is 5.75 Å². The fraction of sp³-hybridized carbons (Fsp3) is 0.250. The van der Waals surface area contributed by atoms with Gasteiger partial charge < -0.3 is 0 Å². The van der Waals surface area contributed by atoms with Gasteiger partial charge >= 0.3 is 0 Å². The molecule has 0 atom stereocenters. The van der Waals surface area contributed by atoms with Crippen LogP contribution >= 0.6 is 26.6 Å². The zero-order valence-electron chi connectivity index (χ0n) is 6.92. The first-order chi connectivity index (χ1) is 5.88. The third-order valence-electron chi connectivity index (χ3n) is 1.63. The zero-order chi connectivity index (χ0) is 10.1. The quantitative estimate of drug-likeness (QED) is 0.782. The molecule has 0 bridgehead atoms. The van der Waals surface area contributed by atoms with Crippen LogP contribution in [0.4, 0.5) is 0 Å². The monoisotopic (exact) mass is 282 g/mol. The molecule has 0 saturated carbocycles. The first-order valence-electron chi connectivity index (χ1n) is 3.56. The van der Waals surface area contributed by atoms with Crippen molar-refractivity contribution in [1.82, 2.24) is 0 Å². The standard InChI is InChI=1S/C8H8BrClO2S/c1-6-4-8(9)3-2-7(6)5-13(10,11)12/h2-4H,5H2,1H3. The maximum absolute atomic E-state index is 10.8. The van der Waals surface area contributed by atoms with Crippen LogP contribution in [0.25, 0.3) is 0 Å². The number of benzene rings is 1. The molecule has 13 heavy (non-hydrogen) atoms. The van der Waals surface area contributed by atoms with Crippen molar-refractivity contribution < 1.29 is 8.42 Å². The van der Waals surface area contributed by atoms with Crippen molar-refractivity contribution in [2.75, 3.05) is 0 Å². The number of rotatable bonds is 2. The highest BCUT2D eigenvalue weighted by Crippen LogP contribution is 2.18. The lowest BCUT2D eigenvalue weighted by atomic mass is 10.1. The van der Waals surface area contributed by atoms with Crippen LogP contribution in [0.2, 0.25) is 0 Å². The van der Waals surface area contributed by atoms with E-state index < -0.39 is 9.05 Å². The van der Waals surface area contributed by atoms with Crippen molar-refractivity contribution in [2.24, 2.45) is 0 Å². The number of aryl methyl sites for hydroxylation is 1. The minimum Gasteiger partial charge on any atom is -0.212 e. The molecular weight excluding hydrogens is 276 g/mol. The molecule has 0 heterocycles. The highest BCUT2D eigenvalue weighted by Gasteiger charge is 2.09. The SMILES string of the molecule is Cc1cc(Br)ccc1CS(=O)(=O)Cl. The first-order valence-corrected chi connectivity index (χ1v) is 6.83. The topological polar surface area (TPSA) is 34.1 Å². The van der Waals surface area contributed by atoms with Crippen LogP contribution in [0.5, 0.6) is 0 Å². The first kappa shape index (κ1) is 11.0. The van der Waals surface area contributed by atoms with E-state index in [1.807, 2.05) is 13.0 Å². The van der Waals surface area contributed by atoms with E-state index in [0.717, 1.165) is 15.6 Å². The Morgan fingerprint density at radius 1 is 1.46 bits per heavy atom. The van der Waals surface area contributed by atoms with Gasteiger partial charge in [-0.25, -0.2) is 8.42 Å². The summed E-state index contributed by atoms with van der Waals surface area (Å²) in [7, 11) is 1.68. The van der Waals surface area contributed by atoms with Gasteiger partial charge in [-0.05, 0) is 30.2 Å². The summed E-state index contributed by atoms with van der Waals surface area (Å²) >= 11 is 3.29. The second kappa shape index (κ2) is 3.98. The minimum absolute atomic E-state index is 0.117. The van der Waals surface area contributed by atoms with E-state index in [2.05, 4.69) is 15.9 Å². The second-order valence-corrected chi connectivity index (χ2v) is 6.45. The molecule has 1 aromatic rings. The third-order valence-corrected chi connectivity index (χ3v) is 3.11. The molecule has 0 radical (unpaired) electrons. The van der Waals surface area contributed by atoms with Gasteiger partial charge in [0.15, 0.2) is 0 Å². The van der Waals surface area contributed by atoms with Gasteiger partial charge in [-0.3, -0.25) is 0 Å². The van der Waals surface area contributed by atoms with Crippen molar-refractivity contribution in [3.8, 4) is 0 Å². The smallest absolute Gasteiger partial charge is 0.212 e. The van der Waals surface area contributed by atoms with Crippen molar-refractivity contribution in [3.63, 3.8) is 0 Å². The summed E-state index contributed by atoms with van der Waals surface area (Å²) in [5, 5.41) is 0. The van der Waals surface area contributed by atoms with Gasteiger partial charge in [0.1, 0.15) is 0 Å². The molecule has 0 saturated heterocycles. The van der Waals surface area contributed by atoms with Crippen molar-refractivity contribution in [2.45, 2.75) is 12.7 Å². The number of halogens is 2. The Morgan fingerprint density at radius 3 is 2.54 bits per heavy atom. The Balaban J connectivity index is 3.04. The van der Waals surface area contributed by atoms with E-state index in [0.29, 0.717) is 0 Å². The van der Waals surface area contributed by atoms with Crippen molar-refractivity contribution >= 4 is 35.7 Å². The Labute approximate surface area is 90.5 Å². The molecule has 72 valence electrons. The molecule has 0 N–H and O–H groups in total. The second-order valence-electron chi connectivity index (χ2n) is 2.75. The number of hydrogen-bond donors (Lipinski definition) is 0. The summed E-state index contributed by atoms with van der Waals surface area (Å²) in [6, 6.07) is 5.40. The summed E-state index contributed by atoms with van der Waals surface area (Å²) < 4.78 is 22.5. The van der Waals surface area contributed by atoms with Gasteiger partial charge in [0, 0.05) is 15.2 Å². The van der Waals surface area contributed by atoms with E-state index in [1.165, 1.54) is 0 Å². The molecule has 1 rings (SSSR count). The average Bonchev–Trinajstić information content (AvgIpc) is 1.93. The average molecular weight is 284 g/mol. The summed E-state index contributed by atoms with van der Waals surface area (Å²) in [5.74, 6) is -0.117. The van der Waals surface area contributed by atoms with Crippen LogP contribution in [0.15, 0.2) is 22.7 Å². The van der Waals surface area contributed by atoms with Gasteiger partial charge in [0.05, 0.1) is 5.75 Å². The van der Waals surface area contributed by atoms with Gasteiger partial charge in [-0.2, -0.15) is 0 Å². The van der Waals surface area contributed by atoms with Gasteiger partial charge in [-0.1, -0.05) is 22.0 Å². The molecular formula is C8H8BrClO2S. The lowest BCUT2D eigenvalue weighted by Crippen LogP contribution is -1.97. The summed E-state index contributed by atoms with van der Waals surface area (Å²) in [6.45, 7) is 1.85. The Hall–Kier alpha value is -0.0600. The fourth-order valence-electron chi connectivity index (χ4n) is 1.01. The summed E-state index contributed by atoms with van der Waals surface area (Å²) in [5.41, 5.74) is 1.65. The fourth-order valence-corrected chi connectivity index (χ4v) is 2.53. The molecule has 0 aliphatic carbocycles. The highest BCUT2D eigenvalue weighted by atomic mass is 79.9. The molecule has 0 amide bonds. The zero-order valence-corrected chi connectivity index (χ0v) is 10.1. The largest absolute Gasteiger partial charge is 0.236 e. The van der Waals surface area contributed by atoms with Crippen LogP contribution in [-0.2, 0) is 14.8 Å². The highest BCUT2D eigenvalue weighted by molar-refractivity contribution is 9.10. The lowest BCUT2D eigenvalue weighted by molar-refractivity contribution is 0.609. The Bertz CT molecular complexity index is 414. The van der Waals surface area contributed by atoms with Crippen molar-refractivity contribution in [3.05, 3.63) is 33.8 Å². The lowest BCUT2D eigenvalue weighted by Gasteiger charge is -2.03. The van der Waals surface area contributed by atoms with E-state index in [4.69, 9.17) is 10.7 Å². The van der Waals surface area contributed by atoms with E-state index in [1.54, 1.807) is 12.1 Å². The molecule has 2 nitrogen and oxygen atoms in total. The summed E-state index contributed by atoms with van der Waals surface area (Å²) in [6.07, 6.45) is 0. The Kier molecular flexibility index (Phi) is 3.38. The summed E-state index contributed by atoms with van der Waals surface area (Å²) in [4.78, 5) is 0. The van der Waals surface area contributed by atoms with Gasteiger partial charge in [-0.15, -0.1) is 0 Å². The van der Waals surface area contributed by atoms with Crippen LogP contribution < -0.4 is 0 Å². The van der Waals surface area contributed by atoms with Gasteiger partial charge in [0.2, 0.25) is 9.05 Å². The molecule has 1 aromatic carbocycles. The normalized spacial score (nSPS) is 11.6.